The van der Waals surface area contributed by atoms with E-state index in [1.165, 1.54) is 30.2 Å². The fraction of sp³-hybridized carbons (Fsp3) is 0.452. The quantitative estimate of drug-likeness (QED) is 0.164. The molecule has 1 saturated carbocycles. The Kier molecular flexibility index (Phi) is 9.05. The van der Waals surface area contributed by atoms with Gasteiger partial charge in [0.2, 0.25) is 0 Å². The summed E-state index contributed by atoms with van der Waals surface area (Å²) in [5, 5.41) is 0. The highest BCUT2D eigenvalue weighted by Gasteiger charge is 2.31. The molecule has 1 aliphatic rings. The molecule has 3 nitrogen and oxygen atoms in total. The summed E-state index contributed by atoms with van der Waals surface area (Å²) >= 11 is 2.52. The highest BCUT2D eigenvalue weighted by Crippen LogP contribution is 2.43. The molecular weight excluding hydrogens is 562 g/mol. The Hall–Kier alpha value is -1.99. The van der Waals surface area contributed by atoms with Gasteiger partial charge in [-0.25, -0.2) is 4.39 Å². The maximum Gasteiger partial charge on any atom is 0.149 e. The second-order valence-corrected chi connectivity index (χ2v) is 11.5. The molecule has 0 amide bonds. The topological polar surface area (TPSA) is 25.4 Å². The van der Waals surface area contributed by atoms with Gasteiger partial charge in [0.15, 0.2) is 0 Å². The summed E-state index contributed by atoms with van der Waals surface area (Å²) in [4.78, 5) is 6.54. The lowest BCUT2D eigenvalue weighted by atomic mass is 9.95. The molecule has 4 rings (SSSR count). The van der Waals surface area contributed by atoms with Gasteiger partial charge in [-0.3, -0.25) is 9.88 Å². The Morgan fingerprint density at radius 1 is 1.03 bits per heavy atom. The van der Waals surface area contributed by atoms with Crippen LogP contribution in [0.25, 0.3) is 11.1 Å². The van der Waals surface area contributed by atoms with Crippen LogP contribution in [0.4, 0.5) is 4.39 Å². The Balaban J connectivity index is 1.61. The summed E-state index contributed by atoms with van der Waals surface area (Å²) in [5.41, 5.74) is 5.97. The molecule has 2 aromatic carbocycles. The number of aryl methyl sites for hydroxylation is 1. The van der Waals surface area contributed by atoms with Gasteiger partial charge in [-0.05, 0) is 99.7 Å². The van der Waals surface area contributed by atoms with Crippen LogP contribution >= 0.6 is 22.6 Å². The molecule has 1 atom stereocenters. The summed E-state index contributed by atoms with van der Waals surface area (Å²) in [6.07, 6.45) is 4.02. The van der Waals surface area contributed by atoms with Crippen molar-refractivity contribution in [1.29, 1.82) is 0 Å². The fourth-order valence-electron chi connectivity index (χ4n) is 5.03. The number of benzene rings is 2. The molecule has 0 aliphatic heterocycles. The molecule has 0 saturated heterocycles. The van der Waals surface area contributed by atoms with Crippen molar-refractivity contribution >= 4 is 22.6 Å². The average molecular weight is 601 g/mol. The van der Waals surface area contributed by atoms with Crippen LogP contribution in [0, 0.1) is 18.7 Å². The van der Waals surface area contributed by atoms with Crippen LogP contribution in [0.15, 0.2) is 54.7 Å². The molecule has 0 N–H and O–H groups in total. The van der Waals surface area contributed by atoms with E-state index in [1.807, 2.05) is 25.1 Å². The van der Waals surface area contributed by atoms with Crippen LogP contribution in [0.2, 0.25) is 0 Å². The third kappa shape index (κ3) is 6.65. The highest BCUT2D eigenvalue weighted by atomic mass is 127. The maximum atomic E-state index is 14.8. The molecule has 1 aliphatic carbocycles. The number of hydrogen-bond donors (Lipinski definition) is 0. The minimum absolute atomic E-state index is 0.298. The molecule has 36 heavy (non-hydrogen) atoms. The summed E-state index contributed by atoms with van der Waals surface area (Å²) in [5.74, 6) is 2.00. The Morgan fingerprint density at radius 2 is 1.78 bits per heavy atom. The predicted octanol–water partition coefficient (Wildman–Crippen LogP) is 8.32. The molecular formula is C31H38FIN2O. The number of alkyl halides is 1. The largest absolute Gasteiger partial charge is 0.489 e. The van der Waals surface area contributed by atoms with E-state index < -0.39 is 0 Å². The van der Waals surface area contributed by atoms with Crippen molar-refractivity contribution < 1.29 is 9.13 Å². The van der Waals surface area contributed by atoms with E-state index in [-0.39, 0.29) is 5.82 Å². The number of nitrogens with zero attached hydrogens (tertiary/aromatic N) is 2. The van der Waals surface area contributed by atoms with E-state index in [9.17, 15) is 4.39 Å². The van der Waals surface area contributed by atoms with E-state index in [0.29, 0.717) is 30.2 Å². The molecule has 1 aromatic heterocycles. The minimum atomic E-state index is -0.298. The monoisotopic (exact) mass is 600 g/mol. The van der Waals surface area contributed by atoms with Crippen LogP contribution < -0.4 is 4.74 Å². The molecule has 0 radical (unpaired) electrons. The minimum Gasteiger partial charge on any atom is -0.489 e. The number of ether oxygens (including phenoxy) is 1. The number of halogens is 2. The molecule has 5 heteroatoms. The summed E-state index contributed by atoms with van der Waals surface area (Å²) in [6, 6.07) is 17.5. The van der Waals surface area contributed by atoms with Crippen molar-refractivity contribution in [2.45, 2.75) is 78.6 Å². The van der Waals surface area contributed by atoms with Crippen LogP contribution in [-0.2, 0) is 13.2 Å². The third-order valence-electron chi connectivity index (χ3n) is 7.18. The van der Waals surface area contributed by atoms with E-state index in [0.717, 1.165) is 39.5 Å². The second kappa shape index (κ2) is 12.0. The number of pyridine rings is 1. The first kappa shape index (κ1) is 27.1. The first-order valence-electron chi connectivity index (χ1n) is 13.1. The van der Waals surface area contributed by atoms with E-state index in [4.69, 9.17) is 4.74 Å². The third-order valence-corrected chi connectivity index (χ3v) is 8.13. The summed E-state index contributed by atoms with van der Waals surface area (Å²) in [7, 11) is 0. The molecule has 3 aromatic rings. The van der Waals surface area contributed by atoms with Gasteiger partial charge in [-0.1, -0.05) is 52.9 Å². The van der Waals surface area contributed by atoms with Gasteiger partial charge in [-0.15, -0.1) is 0 Å². The lowest BCUT2D eigenvalue weighted by molar-refractivity contribution is 0.166. The van der Waals surface area contributed by atoms with Gasteiger partial charge < -0.3 is 4.74 Å². The molecule has 0 bridgehead atoms. The summed E-state index contributed by atoms with van der Waals surface area (Å²) < 4.78 is 22.3. The Bertz CT molecular complexity index is 1170. The smallest absolute Gasteiger partial charge is 0.149 e. The van der Waals surface area contributed by atoms with Gasteiger partial charge in [0, 0.05) is 34.3 Å². The highest BCUT2D eigenvalue weighted by molar-refractivity contribution is 14.1. The van der Waals surface area contributed by atoms with Crippen molar-refractivity contribution in [1.82, 2.24) is 9.88 Å². The number of rotatable bonds is 11. The first-order chi connectivity index (χ1) is 17.3. The van der Waals surface area contributed by atoms with Crippen LogP contribution in [0.5, 0.6) is 5.75 Å². The van der Waals surface area contributed by atoms with Crippen LogP contribution in [-0.4, -0.2) is 26.4 Å². The van der Waals surface area contributed by atoms with Gasteiger partial charge in [0.25, 0.3) is 0 Å². The van der Waals surface area contributed by atoms with Gasteiger partial charge in [-0.2, -0.15) is 0 Å². The van der Waals surface area contributed by atoms with Gasteiger partial charge in [0.05, 0.1) is 6.20 Å². The zero-order valence-electron chi connectivity index (χ0n) is 22.1. The van der Waals surface area contributed by atoms with E-state index in [2.05, 4.69) is 90.5 Å². The second-order valence-electron chi connectivity index (χ2n) is 10.6. The van der Waals surface area contributed by atoms with Crippen molar-refractivity contribution in [2.75, 3.05) is 4.43 Å². The van der Waals surface area contributed by atoms with Gasteiger partial charge in [0.1, 0.15) is 18.2 Å². The summed E-state index contributed by atoms with van der Waals surface area (Å²) in [6.45, 7) is 11.9. The normalized spacial score (nSPS) is 14.6. The average Bonchev–Trinajstić information content (AvgIpc) is 3.68. The molecule has 1 unspecified atom stereocenters. The molecule has 192 valence electrons. The Morgan fingerprint density at radius 3 is 2.44 bits per heavy atom. The number of hydrogen-bond acceptors (Lipinski definition) is 3. The molecule has 0 spiro atoms. The fourth-order valence-corrected chi connectivity index (χ4v) is 6.25. The SMILES string of the molecule is Cc1cc(-c2ccc(OCc3cccc(C(CI)C4CC4)c3)cc2CN(C(C)C)C(C)C)c(F)cn1. The first-order valence-corrected chi connectivity index (χ1v) is 14.6. The Labute approximate surface area is 229 Å². The lowest BCUT2D eigenvalue weighted by Crippen LogP contribution is -2.36. The molecule has 1 heterocycles. The molecule has 1 fully saturated rings. The predicted molar refractivity (Wildman–Crippen MR) is 155 cm³/mol. The standard InChI is InChI=1S/C31H38FIN2O/c1-20(2)35(21(3)4)18-26-15-27(11-12-28(26)29-13-22(5)34-17-31(29)32)36-19-23-7-6-8-25(14-23)30(16-33)24-9-10-24/h6-8,11-15,17,20-21,24,30H,9-10,16,18-19H2,1-5H3. The zero-order valence-corrected chi connectivity index (χ0v) is 24.3. The van der Waals surface area contributed by atoms with Crippen molar-refractivity contribution in [3.8, 4) is 16.9 Å². The maximum absolute atomic E-state index is 14.8. The van der Waals surface area contributed by atoms with Crippen LogP contribution in [0.3, 0.4) is 0 Å². The van der Waals surface area contributed by atoms with Gasteiger partial charge >= 0.3 is 0 Å². The van der Waals surface area contributed by atoms with E-state index >= 15 is 0 Å². The lowest BCUT2D eigenvalue weighted by Gasteiger charge is -2.31. The van der Waals surface area contributed by atoms with Crippen molar-refractivity contribution in [3.63, 3.8) is 0 Å². The van der Waals surface area contributed by atoms with E-state index in [1.54, 1.807) is 0 Å². The van der Waals surface area contributed by atoms with Crippen LogP contribution in [0.1, 0.15) is 68.8 Å². The number of aromatic nitrogens is 1. The zero-order chi connectivity index (χ0) is 25.8. The van der Waals surface area contributed by atoms with Crippen molar-refractivity contribution in [2.24, 2.45) is 5.92 Å². The van der Waals surface area contributed by atoms with Crippen molar-refractivity contribution in [3.05, 3.63) is 82.9 Å².